The first-order valence-corrected chi connectivity index (χ1v) is 6.32. The van der Waals surface area contributed by atoms with E-state index in [1.807, 2.05) is 19.1 Å². The highest BCUT2D eigenvalue weighted by Crippen LogP contribution is 2.25. The minimum Gasteiger partial charge on any atom is -0.288 e. The van der Waals surface area contributed by atoms with E-state index >= 15 is 0 Å². The van der Waals surface area contributed by atoms with Crippen molar-refractivity contribution < 1.29 is 18.0 Å². The van der Waals surface area contributed by atoms with Gasteiger partial charge in [-0.1, -0.05) is 29.8 Å². The Morgan fingerprint density at radius 3 is 2.24 bits per heavy atom. The molecule has 0 aliphatic heterocycles. The maximum absolute atomic E-state index is 12.3. The van der Waals surface area contributed by atoms with Gasteiger partial charge in [-0.05, 0) is 25.2 Å². The zero-order chi connectivity index (χ0) is 13.1. The second kappa shape index (κ2) is 5.58. The summed E-state index contributed by atoms with van der Waals surface area (Å²) in [5.74, 6) is -1.66. The van der Waals surface area contributed by atoms with E-state index in [0.717, 1.165) is 22.9 Å². The van der Waals surface area contributed by atoms with Gasteiger partial charge in [-0.25, -0.2) is 0 Å². The second-order valence-corrected chi connectivity index (χ2v) is 4.82. The van der Waals surface area contributed by atoms with Gasteiger partial charge in [-0.2, -0.15) is 24.9 Å². The minimum atomic E-state index is -4.75. The molecule has 1 aromatic carbocycles. The van der Waals surface area contributed by atoms with E-state index < -0.39 is 17.2 Å². The van der Waals surface area contributed by atoms with Crippen molar-refractivity contribution >= 4 is 17.5 Å². The number of thioether (sulfide) groups is 1. The van der Waals surface area contributed by atoms with Crippen LogP contribution in [0.25, 0.3) is 0 Å². The highest BCUT2D eigenvalue weighted by molar-refractivity contribution is 7.99. The predicted molar refractivity (Wildman–Crippen MR) is 63.2 cm³/mol. The molecule has 0 saturated carbocycles. The van der Waals surface area contributed by atoms with E-state index in [9.17, 15) is 18.0 Å². The van der Waals surface area contributed by atoms with Gasteiger partial charge in [0.05, 0.1) is 5.25 Å². The minimum absolute atomic E-state index is 0.111. The SMILES string of the molecule is CSC(Cc1ccc(C)cc1)C(=O)C(F)(F)F. The number of carbonyl (C=O) groups excluding carboxylic acids is 1. The van der Waals surface area contributed by atoms with Crippen molar-refractivity contribution in [3.8, 4) is 0 Å². The van der Waals surface area contributed by atoms with Gasteiger partial charge in [0.2, 0.25) is 5.78 Å². The molecule has 1 unspecified atom stereocenters. The summed E-state index contributed by atoms with van der Waals surface area (Å²) in [6.07, 6.45) is -3.12. The number of carbonyl (C=O) groups is 1. The zero-order valence-electron chi connectivity index (χ0n) is 9.54. The Morgan fingerprint density at radius 2 is 1.82 bits per heavy atom. The number of hydrogen-bond acceptors (Lipinski definition) is 2. The summed E-state index contributed by atoms with van der Waals surface area (Å²) in [6.45, 7) is 1.90. The number of aryl methyl sites for hydroxylation is 1. The molecule has 5 heteroatoms. The van der Waals surface area contributed by atoms with Gasteiger partial charge >= 0.3 is 6.18 Å². The van der Waals surface area contributed by atoms with Crippen molar-refractivity contribution in [2.24, 2.45) is 0 Å². The summed E-state index contributed by atoms with van der Waals surface area (Å²) < 4.78 is 36.9. The molecule has 94 valence electrons. The smallest absolute Gasteiger partial charge is 0.288 e. The summed E-state index contributed by atoms with van der Waals surface area (Å²) in [6, 6.07) is 7.15. The van der Waals surface area contributed by atoms with Gasteiger partial charge < -0.3 is 0 Å². The third-order valence-corrected chi connectivity index (χ3v) is 3.35. The molecule has 1 atom stereocenters. The average Bonchev–Trinajstić information content (AvgIpc) is 2.26. The standard InChI is InChI=1S/C12H13F3OS/c1-8-3-5-9(6-4-8)7-10(17-2)11(16)12(13,14)15/h3-6,10H,7H2,1-2H3. The number of benzene rings is 1. The van der Waals surface area contributed by atoms with Crippen LogP contribution in [0.3, 0.4) is 0 Å². The zero-order valence-corrected chi connectivity index (χ0v) is 10.4. The number of Topliss-reactive ketones (excluding diaryl/α,β-unsaturated/α-hetero) is 1. The van der Waals surface area contributed by atoms with Crippen LogP contribution in [0.15, 0.2) is 24.3 Å². The Hall–Kier alpha value is -0.970. The Labute approximate surface area is 102 Å². The largest absolute Gasteiger partial charge is 0.451 e. The lowest BCUT2D eigenvalue weighted by molar-refractivity contribution is -0.170. The fourth-order valence-corrected chi connectivity index (χ4v) is 2.11. The molecule has 17 heavy (non-hydrogen) atoms. The first-order valence-electron chi connectivity index (χ1n) is 5.04. The Balaban J connectivity index is 2.77. The fourth-order valence-electron chi connectivity index (χ4n) is 1.40. The third-order valence-electron chi connectivity index (χ3n) is 2.40. The third kappa shape index (κ3) is 4.07. The number of halogens is 3. The van der Waals surface area contributed by atoms with Crippen LogP contribution < -0.4 is 0 Å². The van der Waals surface area contributed by atoms with Crippen LogP contribution in [0.1, 0.15) is 11.1 Å². The molecule has 0 radical (unpaired) electrons. The van der Waals surface area contributed by atoms with Gasteiger partial charge in [0.15, 0.2) is 0 Å². The molecule has 0 spiro atoms. The van der Waals surface area contributed by atoms with Crippen LogP contribution in [0.5, 0.6) is 0 Å². The lowest BCUT2D eigenvalue weighted by atomic mass is 10.1. The van der Waals surface area contributed by atoms with Crippen molar-refractivity contribution in [3.05, 3.63) is 35.4 Å². The van der Waals surface area contributed by atoms with Gasteiger partial charge in [0, 0.05) is 0 Å². The van der Waals surface area contributed by atoms with Crippen LogP contribution in [-0.2, 0) is 11.2 Å². The molecule has 0 saturated heterocycles. The number of hydrogen-bond donors (Lipinski definition) is 0. The summed E-state index contributed by atoms with van der Waals surface area (Å²) in [4.78, 5) is 11.1. The van der Waals surface area contributed by atoms with Crippen molar-refractivity contribution in [1.29, 1.82) is 0 Å². The fraction of sp³-hybridized carbons (Fsp3) is 0.417. The molecule has 1 rings (SSSR count). The van der Waals surface area contributed by atoms with E-state index in [0.29, 0.717) is 0 Å². The first kappa shape index (κ1) is 14.1. The second-order valence-electron chi connectivity index (χ2n) is 3.78. The van der Waals surface area contributed by atoms with E-state index in [2.05, 4.69) is 0 Å². The molecule has 0 bridgehead atoms. The maximum Gasteiger partial charge on any atom is 0.451 e. The lowest BCUT2D eigenvalue weighted by Crippen LogP contribution is -2.33. The van der Waals surface area contributed by atoms with Crippen LogP contribution >= 0.6 is 11.8 Å². The van der Waals surface area contributed by atoms with Crippen molar-refractivity contribution in [1.82, 2.24) is 0 Å². The van der Waals surface area contributed by atoms with E-state index in [4.69, 9.17) is 0 Å². The summed E-state index contributed by atoms with van der Waals surface area (Å²) in [5, 5.41) is -1.06. The molecule has 0 heterocycles. The first-order chi connectivity index (χ1) is 7.84. The molecular formula is C12H13F3OS. The Morgan fingerprint density at radius 1 is 1.29 bits per heavy atom. The number of alkyl halides is 3. The molecule has 0 aromatic heterocycles. The molecule has 0 aliphatic rings. The van der Waals surface area contributed by atoms with E-state index in [-0.39, 0.29) is 6.42 Å². The molecular weight excluding hydrogens is 249 g/mol. The predicted octanol–water partition coefficient (Wildman–Crippen LogP) is 3.40. The Kier molecular flexibility index (Phi) is 4.62. The molecule has 0 N–H and O–H groups in total. The molecule has 0 amide bonds. The van der Waals surface area contributed by atoms with Crippen molar-refractivity contribution in [2.75, 3.05) is 6.26 Å². The number of ketones is 1. The van der Waals surface area contributed by atoms with Gasteiger partial charge in [0.25, 0.3) is 0 Å². The summed E-state index contributed by atoms with van der Waals surface area (Å²) in [7, 11) is 0. The van der Waals surface area contributed by atoms with Crippen LogP contribution in [0.4, 0.5) is 13.2 Å². The monoisotopic (exact) mass is 262 g/mol. The molecule has 1 nitrogen and oxygen atoms in total. The lowest BCUT2D eigenvalue weighted by Gasteiger charge is -2.15. The normalized spacial score (nSPS) is 13.5. The highest BCUT2D eigenvalue weighted by atomic mass is 32.2. The molecule has 0 aliphatic carbocycles. The summed E-state index contributed by atoms with van der Waals surface area (Å²) >= 11 is 0.934. The van der Waals surface area contributed by atoms with Crippen LogP contribution in [0, 0.1) is 6.92 Å². The van der Waals surface area contributed by atoms with Gasteiger partial charge in [0.1, 0.15) is 0 Å². The summed E-state index contributed by atoms with van der Waals surface area (Å²) in [5.41, 5.74) is 1.78. The van der Waals surface area contributed by atoms with Gasteiger partial charge in [-0.3, -0.25) is 4.79 Å². The Bertz CT molecular complexity index is 384. The molecule has 1 aromatic rings. The van der Waals surface area contributed by atoms with E-state index in [1.54, 1.807) is 12.1 Å². The maximum atomic E-state index is 12.3. The van der Waals surface area contributed by atoms with Crippen LogP contribution in [0.2, 0.25) is 0 Å². The molecule has 0 fully saturated rings. The van der Waals surface area contributed by atoms with Gasteiger partial charge in [-0.15, -0.1) is 0 Å². The van der Waals surface area contributed by atoms with Crippen molar-refractivity contribution in [2.45, 2.75) is 24.8 Å². The average molecular weight is 262 g/mol. The quantitative estimate of drug-likeness (QED) is 0.827. The highest BCUT2D eigenvalue weighted by Gasteiger charge is 2.42. The van der Waals surface area contributed by atoms with Crippen LogP contribution in [-0.4, -0.2) is 23.5 Å². The van der Waals surface area contributed by atoms with Crippen molar-refractivity contribution in [3.63, 3.8) is 0 Å². The topological polar surface area (TPSA) is 17.1 Å². The van der Waals surface area contributed by atoms with E-state index in [1.165, 1.54) is 6.26 Å². The number of rotatable bonds is 4.